The molecule has 5 heteroatoms. The summed E-state index contributed by atoms with van der Waals surface area (Å²) in [6.45, 7) is 1.77. The van der Waals surface area contributed by atoms with E-state index in [0.29, 0.717) is 6.42 Å². The van der Waals surface area contributed by atoms with Gasteiger partial charge in [-0.3, -0.25) is 0 Å². The van der Waals surface area contributed by atoms with Gasteiger partial charge in [0.25, 0.3) is 0 Å². The van der Waals surface area contributed by atoms with Crippen LogP contribution in [0.25, 0.3) is 0 Å². The van der Waals surface area contributed by atoms with Crippen LogP contribution < -0.4 is 10.6 Å². The Morgan fingerprint density at radius 2 is 1.65 bits per heavy atom. The van der Waals surface area contributed by atoms with Crippen LogP contribution in [-0.2, 0) is 4.79 Å². The molecule has 3 N–H and O–H groups in total. The summed E-state index contributed by atoms with van der Waals surface area (Å²) in [5.41, 5.74) is -0.0599. The third-order valence-corrected chi connectivity index (χ3v) is 5.43. The number of carboxylic acids is 1. The number of nitrogens with one attached hydrogen (secondary N) is 2. The minimum Gasteiger partial charge on any atom is -0.480 e. The molecule has 4 rings (SSSR count). The van der Waals surface area contributed by atoms with Crippen LogP contribution in [0.4, 0.5) is 4.79 Å². The van der Waals surface area contributed by atoms with Crippen LogP contribution in [-0.4, -0.2) is 28.7 Å². The largest absolute Gasteiger partial charge is 0.480 e. The van der Waals surface area contributed by atoms with Crippen LogP contribution in [0.2, 0.25) is 0 Å². The topological polar surface area (TPSA) is 78.4 Å². The first-order valence-electron chi connectivity index (χ1n) is 7.81. The number of urea groups is 1. The molecule has 0 aliphatic heterocycles. The van der Waals surface area contributed by atoms with E-state index in [-0.39, 0.29) is 11.6 Å². The molecule has 4 saturated carbocycles. The van der Waals surface area contributed by atoms with E-state index in [1.807, 2.05) is 0 Å². The molecule has 0 aromatic heterocycles. The summed E-state index contributed by atoms with van der Waals surface area (Å²) in [7, 11) is 0. The molecule has 0 aromatic rings. The van der Waals surface area contributed by atoms with Gasteiger partial charge in [0.05, 0.1) is 0 Å². The molecule has 4 aliphatic rings. The highest BCUT2D eigenvalue weighted by Crippen LogP contribution is 2.55. The number of carbonyl (C=O) groups excluding carboxylic acids is 1. The molecule has 0 spiro atoms. The van der Waals surface area contributed by atoms with Gasteiger partial charge in [-0.15, -0.1) is 0 Å². The summed E-state index contributed by atoms with van der Waals surface area (Å²) in [5, 5.41) is 14.7. The van der Waals surface area contributed by atoms with Gasteiger partial charge in [-0.05, 0) is 62.7 Å². The van der Waals surface area contributed by atoms with Gasteiger partial charge >= 0.3 is 12.0 Å². The number of hydrogen-bond donors (Lipinski definition) is 3. The quantitative estimate of drug-likeness (QED) is 0.738. The predicted octanol–water partition coefficient (Wildman–Crippen LogP) is 2.12. The summed E-state index contributed by atoms with van der Waals surface area (Å²) >= 11 is 0. The van der Waals surface area contributed by atoms with Gasteiger partial charge in [0.15, 0.2) is 0 Å². The van der Waals surface area contributed by atoms with Crippen molar-refractivity contribution >= 4 is 12.0 Å². The molecule has 20 heavy (non-hydrogen) atoms. The summed E-state index contributed by atoms with van der Waals surface area (Å²) < 4.78 is 0. The van der Waals surface area contributed by atoms with Gasteiger partial charge in [-0.25, -0.2) is 9.59 Å². The first-order chi connectivity index (χ1) is 9.49. The van der Waals surface area contributed by atoms with Crippen molar-refractivity contribution in [2.75, 3.05) is 0 Å². The van der Waals surface area contributed by atoms with Crippen molar-refractivity contribution < 1.29 is 14.7 Å². The lowest BCUT2D eigenvalue weighted by atomic mass is 9.53. The van der Waals surface area contributed by atoms with Gasteiger partial charge < -0.3 is 15.7 Å². The maximum atomic E-state index is 12.1. The normalized spacial score (nSPS) is 39.4. The molecule has 0 radical (unpaired) electrons. The van der Waals surface area contributed by atoms with Gasteiger partial charge in [0.1, 0.15) is 6.04 Å². The molecule has 4 aliphatic carbocycles. The molecule has 1 atom stereocenters. The number of hydrogen-bond acceptors (Lipinski definition) is 2. The second-order valence-corrected chi connectivity index (χ2v) is 7.10. The van der Waals surface area contributed by atoms with E-state index in [1.54, 1.807) is 6.92 Å². The second kappa shape index (κ2) is 4.93. The Morgan fingerprint density at radius 1 is 1.15 bits per heavy atom. The van der Waals surface area contributed by atoms with Crippen molar-refractivity contribution in [1.29, 1.82) is 0 Å². The summed E-state index contributed by atoms with van der Waals surface area (Å²) in [6.07, 6.45) is 7.63. The first kappa shape index (κ1) is 13.7. The van der Waals surface area contributed by atoms with Crippen LogP contribution in [0.15, 0.2) is 0 Å². The maximum absolute atomic E-state index is 12.1. The van der Waals surface area contributed by atoms with Crippen molar-refractivity contribution in [2.24, 2.45) is 17.8 Å². The van der Waals surface area contributed by atoms with Crippen molar-refractivity contribution in [1.82, 2.24) is 10.6 Å². The third kappa shape index (κ3) is 2.50. The Bertz CT molecular complexity index is 386. The van der Waals surface area contributed by atoms with Crippen molar-refractivity contribution in [2.45, 2.75) is 63.5 Å². The fourth-order valence-electron chi connectivity index (χ4n) is 5.04. The molecule has 2 amide bonds. The fourth-order valence-corrected chi connectivity index (χ4v) is 5.04. The fraction of sp³-hybridized carbons (Fsp3) is 0.867. The zero-order valence-electron chi connectivity index (χ0n) is 12.0. The predicted molar refractivity (Wildman–Crippen MR) is 74.3 cm³/mol. The lowest BCUT2D eigenvalue weighted by Gasteiger charge is -2.56. The zero-order valence-corrected chi connectivity index (χ0v) is 12.0. The van der Waals surface area contributed by atoms with Gasteiger partial charge in [-0.2, -0.15) is 0 Å². The average Bonchev–Trinajstić information content (AvgIpc) is 2.33. The minimum absolute atomic E-state index is 0.0599. The summed E-state index contributed by atoms with van der Waals surface area (Å²) in [6, 6.07) is -1.09. The molecule has 112 valence electrons. The molecule has 4 bridgehead atoms. The Balaban J connectivity index is 1.62. The van der Waals surface area contributed by atoms with Crippen molar-refractivity contribution in [3.8, 4) is 0 Å². The Hall–Kier alpha value is -1.26. The molecule has 0 aromatic carbocycles. The molecular weight excluding hydrogens is 256 g/mol. The molecule has 0 unspecified atom stereocenters. The van der Waals surface area contributed by atoms with E-state index in [2.05, 4.69) is 10.6 Å². The highest BCUT2D eigenvalue weighted by molar-refractivity contribution is 5.82. The van der Waals surface area contributed by atoms with E-state index in [9.17, 15) is 9.59 Å². The Labute approximate surface area is 119 Å². The summed E-state index contributed by atoms with van der Waals surface area (Å²) in [5.74, 6) is 1.34. The average molecular weight is 280 g/mol. The number of amides is 2. The van der Waals surface area contributed by atoms with Crippen LogP contribution in [0, 0.1) is 17.8 Å². The smallest absolute Gasteiger partial charge is 0.326 e. The number of rotatable bonds is 4. The standard InChI is InChI=1S/C15H24N2O3/c1-2-12(13(18)19)16-14(20)17-15-6-9-3-10(7-15)5-11(4-9)8-15/h9-12H,2-8H2,1H3,(H,18,19)(H2,16,17,20)/t9?,10?,11?,12-,15?/m0/s1. The number of aliphatic carboxylic acids is 1. The minimum atomic E-state index is -0.965. The lowest BCUT2D eigenvalue weighted by Crippen LogP contribution is -2.62. The zero-order chi connectivity index (χ0) is 14.3. The first-order valence-corrected chi connectivity index (χ1v) is 7.81. The third-order valence-electron chi connectivity index (χ3n) is 5.43. The maximum Gasteiger partial charge on any atom is 0.326 e. The van der Waals surface area contributed by atoms with Crippen molar-refractivity contribution in [3.63, 3.8) is 0 Å². The van der Waals surface area contributed by atoms with Gasteiger partial charge in [-0.1, -0.05) is 6.92 Å². The number of carboxylic acid groups (broad SMARTS) is 1. The molecule has 4 fully saturated rings. The van der Waals surface area contributed by atoms with Crippen LogP contribution in [0.3, 0.4) is 0 Å². The Morgan fingerprint density at radius 3 is 2.05 bits per heavy atom. The van der Waals surface area contributed by atoms with E-state index < -0.39 is 12.0 Å². The molecular formula is C15H24N2O3. The second-order valence-electron chi connectivity index (χ2n) is 7.10. The highest BCUT2D eigenvalue weighted by atomic mass is 16.4. The van der Waals surface area contributed by atoms with Crippen LogP contribution in [0.5, 0.6) is 0 Å². The monoisotopic (exact) mass is 280 g/mol. The van der Waals surface area contributed by atoms with E-state index in [4.69, 9.17) is 5.11 Å². The highest BCUT2D eigenvalue weighted by Gasteiger charge is 2.51. The van der Waals surface area contributed by atoms with Crippen LogP contribution in [0.1, 0.15) is 51.9 Å². The SMILES string of the molecule is CC[C@H](NC(=O)NC12CC3CC(CC(C3)C1)C2)C(=O)O. The summed E-state index contributed by atoms with van der Waals surface area (Å²) in [4.78, 5) is 23.1. The number of carbonyl (C=O) groups is 2. The van der Waals surface area contributed by atoms with Crippen molar-refractivity contribution in [3.05, 3.63) is 0 Å². The molecule has 0 heterocycles. The van der Waals surface area contributed by atoms with Crippen LogP contribution >= 0.6 is 0 Å². The van der Waals surface area contributed by atoms with Gasteiger partial charge in [0, 0.05) is 5.54 Å². The van der Waals surface area contributed by atoms with Gasteiger partial charge in [0.2, 0.25) is 0 Å². The van der Waals surface area contributed by atoms with E-state index in [1.165, 1.54) is 19.3 Å². The lowest BCUT2D eigenvalue weighted by molar-refractivity contribution is -0.139. The van der Waals surface area contributed by atoms with E-state index >= 15 is 0 Å². The molecule has 5 nitrogen and oxygen atoms in total. The Kier molecular flexibility index (Phi) is 3.38. The van der Waals surface area contributed by atoms with E-state index in [0.717, 1.165) is 37.0 Å². The molecule has 0 saturated heterocycles.